The van der Waals surface area contributed by atoms with Crippen molar-refractivity contribution < 1.29 is 27.1 Å². The molecule has 0 saturated carbocycles. The van der Waals surface area contributed by atoms with E-state index >= 15 is 4.39 Å². The molecule has 2 aliphatic rings. The molecule has 0 spiro atoms. The van der Waals surface area contributed by atoms with Crippen molar-refractivity contribution in [2.24, 2.45) is 0 Å². The van der Waals surface area contributed by atoms with Crippen LogP contribution in [0.25, 0.3) is 11.1 Å². The number of halogens is 4. The number of carbonyl (C=O) groups is 1. The molecule has 2 aliphatic heterocycles. The molecule has 42 heavy (non-hydrogen) atoms. The minimum absolute atomic E-state index is 0.00999. The van der Waals surface area contributed by atoms with Crippen molar-refractivity contribution in [1.29, 1.82) is 0 Å². The fourth-order valence-electron chi connectivity index (χ4n) is 5.12. The standard InChI is InChI=1S/C28H31F4N7O3/c1-16-14-38(5-4-37(16)3)24-10-22(29)19(18-11-34-27(35-12-18)39-6-7-42-17(2)15-39)8-23(24)36-26(41)20-13-33-25(40)9-21(20)28(30,31)32/h8-13,16-17H,4-7,14-15H2,1-3H3,(H,33,40)(H,36,41)/t16-,17-/m0/s1. The van der Waals surface area contributed by atoms with Crippen LogP contribution >= 0.6 is 0 Å². The summed E-state index contributed by atoms with van der Waals surface area (Å²) in [5.74, 6) is -1.25. The number of hydrogen-bond donors (Lipinski definition) is 2. The highest BCUT2D eigenvalue weighted by molar-refractivity contribution is 6.07. The second-order valence-corrected chi connectivity index (χ2v) is 10.6. The predicted molar refractivity (Wildman–Crippen MR) is 149 cm³/mol. The highest BCUT2D eigenvalue weighted by Gasteiger charge is 2.36. The predicted octanol–water partition coefficient (Wildman–Crippen LogP) is 3.61. The summed E-state index contributed by atoms with van der Waals surface area (Å²) in [6.07, 6.45) is -1.28. The number of rotatable bonds is 5. The number of hydrogen-bond acceptors (Lipinski definition) is 8. The van der Waals surface area contributed by atoms with E-state index in [2.05, 4.69) is 25.2 Å². The zero-order valence-electron chi connectivity index (χ0n) is 23.3. The fraction of sp³-hybridized carbons (Fsp3) is 0.429. The zero-order chi connectivity index (χ0) is 30.2. The highest BCUT2D eigenvalue weighted by Crippen LogP contribution is 2.36. The number of H-pyrrole nitrogens is 1. The third-order valence-electron chi connectivity index (χ3n) is 7.58. The number of amides is 1. The first kappa shape index (κ1) is 29.5. The van der Waals surface area contributed by atoms with E-state index in [9.17, 15) is 22.8 Å². The molecule has 0 radical (unpaired) electrons. The minimum atomic E-state index is -4.94. The molecule has 3 aromatic rings. The first-order chi connectivity index (χ1) is 19.9. The van der Waals surface area contributed by atoms with Gasteiger partial charge in [0.25, 0.3) is 5.91 Å². The van der Waals surface area contributed by atoms with Crippen LogP contribution in [0.3, 0.4) is 0 Å². The van der Waals surface area contributed by atoms with Crippen molar-refractivity contribution in [2.45, 2.75) is 32.2 Å². The summed E-state index contributed by atoms with van der Waals surface area (Å²) in [4.78, 5) is 41.7. The third kappa shape index (κ3) is 6.23. The lowest BCUT2D eigenvalue weighted by molar-refractivity contribution is -0.138. The van der Waals surface area contributed by atoms with Gasteiger partial charge in [-0.2, -0.15) is 13.2 Å². The number of carbonyl (C=O) groups excluding carboxylic acids is 1. The van der Waals surface area contributed by atoms with Crippen LogP contribution in [-0.2, 0) is 10.9 Å². The molecule has 5 rings (SSSR count). The maximum Gasteiger partial charge on any atom is 0.417 e. The van der Waals surface area contributed by atoms with Gasteiger partial charge in [0, 0.05) is 74.5 Å². The van der Waals surface area contributed by atoms with Gasteiger partial charge in [-0.25, -0.2) is 14.4 Å². The summed E-state index contributed by atoms with van der Waals surface area (Å²) in [5, 5.41) is 2.54. The maximum atomic E-state index is 15.7. The summed E-state index contributed by atoms with van der Waals surface area (Å²) in [6.45, 7) is 7.35. The average Bonchev–Trinajstić information content (AvgIpc) is 2.95. The van der Waals surface area contributed by atoms with E-state index in [0.717, 1.165) is 6.20 Å². The molecule has 1 aromatic carbocycles. The van der Waals surface area contributed by atoms with E-state index < -0.39 is 34.6 Å². The van der Waals surface area contributed by atoms with Crippen molar-refractivity contribution >= 4 is 23.2 Å². The van der Waals surface area contributed by atoms with Crippen molar-refractivity contribution in [1.82, 2.24) is 19.9 Å². The van der Waals surface area contributed by atoms with E-state index in [1.165, 1.54) is 24.5 Å². The molecule has 2 fully saturated rings. The molecule has 0 aliphatic carbocycles. The Morgan fingerprint density at radius 2 is 1.81 bits per heavy atom. The van der Waals surface area contributed by atoms with Gasteiger partial charge in [-0.3, -0.25) is 9.59 Å². The molecule has 2 aromatic heterocycles. The van der Waals surface area contributed by atoms with E-state index in [4.69, 9.17) is 4.74 Å². The van der Waals surface area contributed by atoms with Crippen LogP contribution in [0.4, 0.5) is 34.9 Å². The summed E-state index contributed by atoms with van der Waals surface area (Å²) in [5.41, 5.74) is -2.31. The normalized spacial score (nSPS) is 20.1. The molecule has 2 atom stereocenters. The number of anilines is 3. The zero-order valence-corrected chi connectivity index (χ0v) is 23.3. The number of morpholine rings is 1. The molecule has 0 unspecified atom stereocenters. The Morgan fingerprint density at radius 3 is 2.48 bits per heavy atom. The molecule has 2 N–H and O–H groups in total. The number of aromatic amines is 1. The van der Waals surface area contributed by atoms with Gasteiger partial charge in [0.05, 0.1) is 35.2 Å². The van der Waals surface area contributed by atoms with Gasteiger partial charge in [-0.1, -0.05) is 0 Å². The van der Waals surface area contributed by atoms with Gasteiger partial charge in [0.1, 0.15) is 5.82 Å². The number of aromatic nitrogens is 3. The fourth-order valence-corrected chi connectivity index (χ4v) is 5.12. The van der Waals surface area contributed by atoms with Gasteiger partial charge in [-0.05, 0) is 33.0 Å². The van der Waals surface area contributed by atoms with Crippen LogP contribution in [-0.4, -0.2) is 84.3 Å². The Kier molecular flexibility index (Phi) is 8.19. The van der Waals surface area contributed by atoms with E-state index in [-0.39, 0.29) is 23.4 Å². The molecule has 0 bridgehead atoms. The Labute approximate surface area is 239 Å². The lowest BCUT2D eigenvalue weighted by atomic mass is 10.0. The average molecular weight is 590 g/mol. The highest BCUT2D eigenvalue weighted by atomic mass is 19.4. The first-order valence-corrected chi connectivity index (χ1v) is 13.5. The van der Waals surface area contributed by atoms with Gasteiger partial charge in [0.2, 0.25) is 11.5 Å². The van der Waals surface area contributed by atoms with Crippen molar-refractivity contribution in [3.05, 3.63) is 64.1 Å². The summed E-state index contributed by atoms with van der Waals surface area (Å²) >= 11 is 0. The quantitative estimate of drug-likeness (QED) is 0.435. The van der Waals surface area contributed by atoms with Crippen LogP contribution in [0.5, 0.6) is 0 Å². The Hall–Kier alpha value is -4.04. The summed E-state index contributed by atoms with van der Waals surface area (Å²) < 4.78 is 62.3. The minimum Gasteiger partial charge on any atom is -0.375 e. The largest absolute Gasteiger partial charge is 0.417 e. The van der Waals surface area contributed by atoms with Gasteiger partial charge >= 0.3 is 6.18 Å². The number of ether oxygens (including phenoxy) is 1. The molecule has 2 saturated heterocycles. The van der Waals surface area contributed by atoms with Crippen LogP contribution in [0, 0.1) is 5.82 Å². The monoisotopic (exact) mass is 589 g/mol. The Bertz CT molecular complexity index is 1510. The van der Waals surface area contributed by atoms with Crippen molar-refractivity contribution in [3.63, 3.8) is 0 Å². The second kappa shape index (κ2) is 11.7. The lowest BCUT2D eigenvalue weighted by Gasteiger charge is -2.39. The number of likely N-dealkylation sites (N-methyl/N-ethyl adjacent to an activating group) is 1. The van der Waals surface area contributed by atoms with Crippen LogP contribution < -0.4 is 20.7 Å². The number of nitrogens with zero attached hydrogens (tertiary/aromatic N) is 5. The maximum absolute atomic E-state index is 15.7. The number of pyridine rings is 1. The van der Waals surface area contributed by atoms with E-state index in [1.807, 2.05) is 30.7 Å². The van der Waals surface area contributed by atoms with E-state index in [1.54, 1.807) is 0 Å². The first-order valence-electron chi connectivity index (χ1n) is 13.5. The Morgan fingerprint density at radius 1 is 1.07 bits per heavy atom. The van der Waals surface area contributed by atoms with Crippen molar-refractivity contribution in [2.75, 3.05) is 61.5 Å². The van der Waals surface area contributed by atoms with Crippen molar-refractivity contribution in [3.8, 4) is 11.1 Å². The Balaban J connectivity index is 1.52. The molecule has 224 valence electrons. The van der Waals surface area contributed by atoms with Gasteiger partial charge < -0.3 is 29.7 Å². The molecule has 1 amide bonds. The number of alkyl halides is 3. The number of benzene rings is 1. The lowest BCUT2D eigenvalue weighted by Crippen LogP contribution is -2.50. The van der Waals surface area contributed by atoms with E-state index in [0.29, 0.717) is 62.6 Å². The van der Waals surface area contributed by atoms with Gasteiger partial charge in [0.15, 0.2) is 0 Å². The molecule has 10 nitrogen and oxygen atoms in total. The molecular weight excluding hydrogens is 558 g/mol. The van der Waals surface area contributed by atoms with Crippen LogP contribution in [0.15, 0.2) is 41.6 Å². The summed E-state index contributed by atoms with van der Waals surface area (Å²) in [7, 11) is 1.96. The topological polar surface area (TPSA) is 107 Å². The SMILES string of the molecule is C[C@H]1CN(c2ncc(-c3cc(NC(=O)c4c[nH]c(=O)cc4C(F)(F)F)c(N4CCN(C)[C@@H](C)C4)cc3F)cn2)CCO1. The number of nitrogens with one attached hydrogen (secondary N) is 2. The summed E-state index contributed by atoms with van der Waals surface area (Å²) in [6, 6.07) is 3.07. The number of piperazine rings is 1. The van der Waals surface area contributed by atoms with Crippen LogP contribution in [0.1, 0.15) is 29.8 Å². The van der Waals surface area contributed by atoms with Gasteiger partial charge in [-0.15, -0.1) is 0 Å². The smallest absolute Gasteiger partial charge is 0.375 e. The second-order valence-electron chi connectivity index (χ2n) is 10.6. The molecule has 4 heterocycles. The molecular formula is C28H31F4N7O3. The molecule has 14 heteroatoms. The third-order valence-corrected chi connectivity index (χ3v) is 7.58. The van der Waals surface area contributed by atoms with Crippen LogP contribution in [0.2, 0.25) is 0 Å².